The maximum atomic E-state index is 6.26. The Morgan fingerprint density at radius 3 is 1.82 bits per heavy atom. The number of aryl methyl sites for hydroxylation is 1. The predicted molar refractivity (Wildman–Crippen MR) is 164 cm³/mol. The van der Waals surface area contributed by atoms with E-state index in [0.29, 0.717) is 0 Å². The minimum absolute atomic E-state index is 0.269. The number of benzene rings is 3. The van der Waals surface area contributed by atoms with Gasteiger partial charge in [0.25, 0.3) is 0 Å². The zero-order valence-corrected chi connectivity index (χ0v) is 25.2. The first kappa shape index (κ1) is 29.7. The van der Waals surface area contributed by atoms with Crippen LogP contribution in [0.25, 0.3) is 0 Å². The lowest BCUT2D eigenvalue weighted by atomic mass is 10.1. The summed E-state index contributed by atoms with van der Waals surface area (Å²) in [5.74, 6) is 0.950. The van der Waals surface area contributed by atoms with Crippen LogP contribution in [0, 0.1) is 0 Å². The van der Waals surface area contributed by atoms with Crippen LogP contribution >= 0.6 is 0 Å². The first-order chi connectivity index (χ1) is 18.2. The smallest absolute Gasteiger partial charge is 0.191 e. The number of unbranched alkanes of at least 4 members (excludes halogenated alkanes) is 1. The highest BCUT2D eigenvalue weighted by molar-refractivity contribution is 6.74. The fourth-order valence-electron chi connectivity index (χ4n) is 3.96. The van der Waals surface area contributed by atoms with Crippen molar-refractivity contribution in [3.8, 4) is 5.75 Å². The van der Waals surface area contributed by atoms with Crippen LogP contribution < -0.4 is 4.74 Å². The Kier molecular flexibility index (Phi) is 11.7. The lowest BCUT2D eigenvalue weighted by molar-refractivity contribution is 0.252. The van der Waals surface area contributed by atoms with Gasteiger partial charge in [0, 0.05) is 19.7 Å². The SMILES string of the molecule is CC(C)(C)[Si](C)(C)OCCCCOc1ccc(CC/C=C/N(Cc2ccccc2)Cc2ccccc2)cc1. The van der Waals surface area contributed by atoms with E-state index in [1.807, 2.05) is 0 Å². The maximum Gasteiger partial charge on any atom is 0.191 e. The van der Waals surface area contributed by atoms with E-state index in [0.717, 1.165) is 57.7 Å². The molecule has 0 bridgehead atoms. The zero-order valence-electron chi connectivity index (χ0n) is 24.2. The van der Waals surface area contributed by atoms with Crippen LogP contribution in [-0.4, -0.2) is 26.4 Å². The van der Waals surface area contributed by atoms with Crippen molar-refractivity contribution in [1.29, 1.82) is 0 Å². The first-order valence-corrected chi connectivity index (χ1v) is 17.0. The molecule has 204 valence electrons. The van der Waals surface area contributed by atoms with Gasteiger partial charge in [0.15, 0.2) is 8.32 Å². The molecule has 0 aliphatic carbocycles. The highest BCUT2D eigenvalue weighted by Gasteiger charge is 2.36. The molecule has 3 rings (SSSR count). The largest absolute Gasteiger partial charge is 0.494 e. The van der Waals surface area contributed by atoms with E-state index in [9.17, 15) is 0 Å². The van der Waals surface area contributed by atoms with Gasteiger partial charge in [-0.3, -0.25) is 0 Å². The molecular formula is C34H47NO2Si. The van der Waals surface area contributed by atoms with E-state index >= 15 is 0 Å². The van der Waals surface area contributed by atoms with Gasteiger partial charge in [-0.2, -0.15) is 0 Å². The van der Waals surface area contributed by atoms with Crippen molar-refractivity contribution < 1.29 is 9.16 Å². The normalized spacial score (nSPS) is 12.1. The summed E-state index contributed by atoms with van der Waals surface area (Å²) < 4.78 is 12.2. The third kappa shape index (κ3) is 10.5. The van der Waals surface area contributed by atoms with E-state index in [1.54, 1.807) is 0 Å². The van der Waals surface area contributed by atoms with E-state index in [1.165, 1.54) is 16.7 Å². The number of hydrogen-bond acceptors (Lipinski definition) is 3. The minimum atomic E-state index is -1.64. The van der Waals surface area contributed by atoms with Gasteiger partial charge in [-0.1, -0.05) is 99.6 Å². The molecule has 38 heavy (non-hydrogen) atoms. The average Bonchev–Trinajstić information content (AvgIpc) is 2.90. The topological polar surface area (TPSA) is 21.7 Å². The van der Waals surface area contributed by atoms with Crippen molar-refractivity contribution in [3.05, 3.63) is 114 Å². The summed E-state index contributed by atoms with van der Waals surface area (Å²) >= 11 is 0. The van der Waals surface area contributed by atoms with Gasteiger partial charge in [-0.15, -0.1) is 0 Å². The summed E-state index contributed by atoms with van der Waals surface area (Å²) in [4.78, 5) is 2.39. The summed E-state index contributed by atoms with van der Waals surface area (Å²) in [5.41, 5.74) is 3.99. The van der Waals surface area contributed by atoms with E-state index in [2.05, 4.69) is 136 Å². The van der Waals surface area contributed by atoms with Crippen LogP contribution in [0.3, 0.4) is 0 Å². The maximum absolute atomic E-state index is 6.26. The number of nitrogens with zero attached hydrogens (tertiary/aromatic N) is 1. The average molecular weight is 530 g/mol. The molecule has 0 amide bonds. The molecule has 0 N–H and O–H groups in total. The van der Waals surface area contributed by atoms with Crippen LogP contribution in [0.15, 0.2) is 97.2 Å². The fourth-order valence-corrected chi connectivity index (χ4v) is 5.05. The Hall–Kier alpha value is -2.82. The molecule has 0 atom stereocenters. The summed E-state index contributed by atoms with van der Waals surface area (Å²) in [6.07, 6.45) is 8.64. The lowest BCUT2D eigenvalue weighted by Gasteiger charge is -2.36. The van der Waals surface area contributed by atoms with Crippen LogP contribution in [0.2, 0.25) is 18.1 Å². The third-order valence-electron chi connectivity index (χ3n) is 7.37. The number of rotatable bonds is 15. The van der Waals surface area contributed by atoms with Gasteiger partial charge >= 0.3 is 0 Å². The quantitative estimate of drug-likeness (QED) is 0.145. The molecule has 0 aromatic heterocycles. The molecule has 4 heteroatoms. The van der Waals surface area contributed by atoms with E-state index in [-0.39, 0.29) is 5.04 Å². The Morgan fingerprint density at radius 2 is 1.26 bits per heavy atom. The second-order valence-corrected chi connectivity index (χ2v) is 16.4. The molecule has 0 fully saturated rings. The van der Waals surface area contributed by atoms with Crippen molar-refractivity contribution in [3.63, 3.8) is 0 Å². The number of hydrogen-bond donors (Lipinski definition) is 0. The molecule has 0 unspecified atom stereocenters. The third-order valence-corrected chi connectivity index (χ3v) is 11.9. The van der Waals surface area contributed by atoms with Crippen LogP contribution in [-0.2, 0) is 23.9 Å². The van der Waals surface area contributed by atoms with E-state index in [4.69, 9.17) is 9.16 Å². The Bertz CT molecular complexity index is 1030. The lowest BCUT2D eigenvalue weighted by Crippen LogP contribution is -2.41. The van der Waals surface area contributed by atoms with Gasteiger partial charge < -0.3 is 14.1 Å². The van der Waals surface area contributed by atoms with Crippen molar-refractivity contribution in [2.45, 2.75) is 77.7 Å². The molecule has 0 heterocycles. The minimum Gasteiger partial charge on any atom is -0.494 e. The van der Waals surface area contributed by atoms with Gasteiger partial charge in [-0.05, 0) is 78.8 Å². The van der Waals surface area contributed by atoms with Crippen LogP contribution in [0.5, 0.6) is 5.75 Å². The molecule has 0 saturated carbocycles. The number of ether oxygens (including phenoxy) is 1. The molecule has 0 aliphatic rings. The molecule has 3 aromatic rings. The highest BCUT2D eigenvalue weighted by atomic mass is 28.4. The van der Waals surface area contributed by atoms with Gasteiger partial charge in [0.2, 0.25) is 0 Å². The van der Waals surface area contributed by atoms with Gasteiger partial charge in [-0.25, -0.2) is 0 Å². The van der Waals surface area contributed by atoms with Gasteiger partial charge in [0.05, 0.1) is 6.61 Å². The van der Waals surface area contributed by atoms with Gasteiger partial charge in [0.1, 0.15) is 5.75 Å². The molecular weight excluding hydrogens is 482 g/mol. The van der Waals surface area contributed by atoms with Crippen molar-refractivity contribution in [1.82, 2.24) is 4.90 Å². The standard InChI is InChI=1S/C34H47NO2Si/c1-34(2,3)38(4,5)37-27-15-14-26-36-33-23-21-30(22-24-33)16-12-13-25-35(28-31-17-8-6-9-18-31)29-32-19-10-7-11-20-32/h6-11,13,17-25H,12,14-16,26-29H2,1-5H3/b25-13+. The Labute approximate surface area is 232 Å². The summed E-state index contributed by atoms with van der Waals surface area (Å²) in [7, 11) is -1.64. The summed E-state index contributed by atoms with van der Waals surface area (Å²) in [6, 6.07) is 29.9. The fraction of sp³-hybridized carbons (Fsp3) is 0.412. The monoisotopic (exact) mass is 529 g/mol. The van der Waals surface area contributed by atoms with Crippen LogP contribution in [0.4, 0.5) is 0 Å². The van der Waals surface area contributed by atoms with E-state index < -0.39 is 8.32 Å². The molecule has 0 saturated heterocycles. The molecule has 0 aliphatic heterocycles. The summed E-state index contributed by atoms with van der Waals surface area (Å²) in [5, 5.41) is 0.269. The Morgan fingerprint density at radius 1 is 0.711 bits per heavy atom. The van der Waals surface area contributed by atoms with Crippen molar-refractivity contribution in [2.75, 3.05) is 13.2 Å². The van der Waals surface area contributed by atoms with Crippen LogP contribution in [0.1, 0.15) is 56.7 Å². The second kappa shape index (κ2) is 14.9. The number of allylic oxidation sites excluding steroid dienone is 1. The predicted octanol–water partition coefficient (Wildman–Crippen LogP) is 9.02. The highest BCUT2D eigenvalue weighted by Crippen LogP contribution is 2.36. The Balaban J connectivity index is 1.39. The molecule has 0 radical (unpaired) electrons. The summed E-state index contributed by atoms with van der Waals surface area (Å²) in [6.45, 7) is 14.9. The molecule has 3 nitrogen and oxygen atoms in total. The second-order valence-electron chi connectivity index (χ2n) is 11.6. The first-order valence-electron chi connectivity index (χ1n) is 14.1. The zero-order chi connectivity index (χ0) is 27.3. The molecule has 0 spiro atoms. The van der Waals surface area contributed by atoms with Crippen molar-refractivity contribution >= 4 is 8.32 Å². The van der Waals surface area contributed by atoms with Crippen molar-refractivity contribution in [2.24, 2.45) is 0 Å². The molecule has 3 aromatic carbocycles.